The Morgan fingerprint density at radius 3 is 2.25 bits per heavy atom. The molecule has 2 aliphatic heterocycles. The fourth-order valence-corrected chi connectivity index (χ4v) is 7.69. The summed E-state index contributed by atoms with van der Waals surface area (Å²) in [7, 11) is 0. The second-order valence-corrected chi connectivity index (χ2v) is 15.2. The monoisotopic (exact) mass is 868 g/mol. The molecule has 326 valence electrons. The van der Waals surface area contributed by atoms with Gasteiger partial charge in [-0.1, -0.05) is 48.9 Å². The van der Waals surface area contributed by atoms with Gasteiger partial charge in [0.1, 0.15) is 0 Å². The number of amides is 3. The lowest BCUT2D eigenvalue weighted by atomic mass is 10.0. The van der Waals surface area contributed by atoms with Crippen LogP contribution in [0.15, 0.2) is 71.5 Å². The Morgan fingerprint density at radius 1 is 0.951 bits per heavy atom. The van der Waals surface area contributed by atoms with Crippen LogP contribution in [0.2, 0.25) is 5.02 Å². The minimum Gasteiger partial charge on any atom is -0.452 e. The first-order chi connectivity index (χ1) is 29.2. The Hall–Kier alpha value is -6.04. The van der Waals surface area contributed by atoms with Gasteiger partial charge in [0.05, 0.1) is 27.9 Å². The molecule has 0 spiro atoms. The quantitative estimate of drug-likeness (QED) is 0.126. The zero-order valence-electron chi connectivity index (χ0n) is 33.8. The Kier molecular flexibility index (Phi) is 14.3. The van der Waals surface area contributed by atoms with E-state index in [0.717, 1.165) is 23.7 Å². The molecule has 15 nitrogen and oxygen atoms in total. The van der Waals surface area contributed by atoms with Gasteiger partial charge in [-0.3, -0.25) is 14.6 Å². The van der Waals surface area contributed by atoms with E-state index in [4.69, 9.17) is 26.8 Å². The number of anilines is 2. The van der Waals surface area contributed by atoms with E-state index < -0.39 is 53.6 Å². The van der Waals surface area contributed by atoms with Crippen LogP contribution in [0.25, 0.3) is 11.4 Å². The van der Waals surface area contributed by atoms with E-state index >= 15 is 0 Å². The fourth-order valence-electron chi connectivity index (χ4n) is 7.45. The first-order valence-corrected chi connectivity index (χ1v) is 20.5. The largest absolute Gasteiger partial charge is 0.452 e. The molecule has 61 heavy (non-hydrogen) atoms. The number of hydrogen-bond donors (Lipinski definition) is 2. The van der Waals surface area contributed by atoms with Crippen molar-refractivity contribution in [3.63, 3.8) is 0 Å². The van der Waals surface area contributed by atoms with Gasteiger partial charge < -0.3 is 34.8 Å². The van der Waals surface area contributed by atoms with Gasteiger partial charge in [-0.2, -0.15) is 13.2 Å². The van der Waals surface area contributed by atoms with Crippen LogP contribution in [-0.2, 0) is 31.7 Å². The number of carbonyl (C=O) groups is 4. The minimum absolute atomic E-state index is 0.00576. The van der Waals surface area contributed by atoms with Gasteiger partial charge in [0.2, 0.25) is 0 Å². The summed E-state index contributed by atoms with van der Waals surface area (Å²) in [5, 5.41) is 4.11. The van der Waals surface area contributed by atoms with Crippen LogP contribution >= 0.6 is 11.6 Å². The van der Waals surface area contributed by atoms with Crippen molar-refractivity contribution in [1.82, 2.24) is 29.5 Å². The normalized spacial score (nSPS) is 15.3. The van der Waals surface area contributed by atoms with Crippen LogP contribution in [0, 0.1) is 0 Å². The van der Waals surface area contributed by atoms with E-state index in [1.54, 1.807) is 29.2 Å². The van der Waals surface area contributed by atoms with Crippen LogP contribution in [0.1, 0.15) is 60.6 Å². The number of aromatic amines is 1. The van der Waals surface area contributed by atoms with Crippen molar-refractivity contribution in [2.45, 2.75) is 57.9 Å². The summed E-state index contributed by atoms with van der Waals surface area (Å²) in [6, 6.07) is 17.5. The van der Waals surface area contributed by atoms with E-state index in [0.29, 0.717) is 44.8 Å². The van der Waals surface area contributed by atoms with E-state index in [-0.39, 0.29) is 60.9 Å². The summed E-state index contributed by atoms with van der Waals surface area (Å²) >= 11 is 6.12. The highest BCUT2D eigenvalue weighted by atomic mass is 35.5. The molecule has 1 atom stereocenters. The fraction of sp³-hybridized carbons (Fsp3) is 0.429. The molecule has 3 aromatic carbocycles. The molecular weight excluding hydrogens is 821 g/mol. The number of alkyl halides is 3. The van der Waals surface area contributed by atoms with Gasteiger partial charge in [-0.15, -0.1) is 5.10 Å². The summed E-state index contributed by atoms with van der Waals surface area (Å²) in [6.07, 6.45) is -6.09. The number of halogens is 4. The number of esters is 1. The van der Waals surface area contributed by atoms with Crippen molar-refractivity contribution >= 4 is 46.9 Å². The summed E-state index contributed by atoms with van der Waals surface area (Å²) in [5.74, 6) is -1.10. The Morgan fingerprint density at radius 2 is 1.62 bits per heavy atom. The maximum atomic E-state index is 14.1. The lowest BCUT2D eigenvalue weighted by Crippen LogP contribution is -2.53. The molecule has 3 heterocycles. The van der Waals surface area contributed by atoms with Crippen LogP contribution in [0.4, 0.5) is 29.3 Å². The number of rotatable bonds is 13. The number of nitrogens with zero attached hydrogens (tertiary/aromatic N) is 6. The number of nitrogens with two attached hydrogens (primary N) is 1. The predicted molar refractivity (Wildman–Crippen MR) is 221 cm³/mol. The van der Waals surface area contributed by atoms with E-state index in [9.17, 15) is 37.1 Å². The van der Waals surface area contributed by atoms with Crippen molar-refractivity contribution in [2.75, 3.05) is 69.6 Å². The first-order valence-electron chi connectivity index (χ1n) is 20.1. The average molecular weight is 869 g/mol. The standard InChI is InChI=1S/C42H48ClF3N8O7/c1-3-16-50(4-2)35(55)26-60-39(57)29-10-12-30(13-11-29)51-19-21-52(22-20-51)38(56)34(25-27-23-32(42(44,45)46)36(47)33(43)24-27)61-41(59)53-17-14-31(15-18-53)54-40(58)48-37(49-54)28-8-6-5-7-9-28/h5-13,23-24,31,34H,3-4,14-22,25-26,47H2,1-2H3,(H,48,49,58)/t34-/m1/s1. The molecule has 3 N–H and O–H groups in total. The number of H-pyrrole nitrogens is 1. The third-order valence-electron chi connectivity index (χ3n) is 10.8. The molecular formula is C42H48ClF3N8O7. The van der Waals surface area contributed by atoms with Crippen LogP contribution < -0.4 is 16.3 Å². The van der Waals surface area contributed by atoms with Crippen LogP contribution in [0.5, 0.6) is 0 Å². The number of piperazine rings is 1. The molecule has 2 saturated heterocycles. The maximum Gasteiger partial charge on any atom is 0.418 e. The summed E-state index contributed by atoms with van der Waals surface area (Å²) in [4.78, 5) is 74.9. The van der Waals surface area contributed by atoms with Gasteiger partial charge in [0, 0.05) is 70.0 Å². The topological polar surface area (TPSA) is 176 Å². The molecule has 19 heteroatoms. The van der Waals surface area contributed by atoms with Gasteiger partial charge in [0.25, 0.3) is 11.8 Å². The van der Waals surface area contributed by atoms with Gasteiger partial charge in [-0.05, 0) is 68.1 Å². The highest BCUT2D eigenvalue weighted by molar-refractivity contribution is 6.33. The van der Waals surface area contributed by atoms with Crippen molar-refractivity contribution in [2.24, 2.45) is 0 Å². The van der Waals surface area contributed by atoms with E-state index in [1.165, 1.54) is 20.5 Å². The molecule has 0 bridgehead atoms. The summed E-state index contributed by atoms with van der Waals surface area (Å²) in [6.45, 7) is 5.95. The molecule has 1 aromatic heterocycles. The molecule has 6 rings (SSSR count). The van der Waals surface area contributed by atoms with Gasteiger partial charge >= 0.3 is 23.9 Å². The van der Waals surface area contributed by atoms with Crippen molar-refractivity contribution in [3.05, 3.63) is 98.9 Å². The number of likely N-dealkylation sites (N-methyl/N-ethyl adjacent to an activating group) is 1. The number of hydrogen-bond acceptors (Lipinski definition) is 10. The number of likely N-dealkylation sites (tertiary alicyclic amines) is 1. The molecule has 0 radical (unpaired) electrons. The number of nitrogens with one attached hydrogen (secondary N) is 1. The highest BCUT2D eigenvalue weighted by Crippen LogP contribution is 2.38. The number of piperidine rings is 1. The predicted octanol–water partition coefficient (Wildman–Crippen LogP) is 5.64. The first kappa shape index (κ1) is 44.5. The summed E-state index contributed by atoms with van der Waals surface area (Å²) in [5.41, 5.74) is 5.20. The molecule has 0 unspecified atom stereocenters. The Labute approximate surface area is 355 Å². The van der Waals surface area contributed by atoms with Gasteiger partial charge in [-0.25, -0.2) is 19.1 Å². The number of aromatic nitrogens is 3. The number of nitrogen functional groups attached to an aromatic ring is 1. The van der Waals surface area contributed by atoms with Crippen molar-refractivity contribution < 1.29 is 41.8 Å². The molecule has 4 aromatic rings. The number of carbonyl (C=O) groups excluding carboxylic acids is 4. The molecule has 2 fully saturated rings. The van der Waals surface area contributed by atoms with Crippen LogP contribution in [-0.4, -0.2) is 118 Å². The second-order valence-electron chi connectivity index (χ2n) is 14.8. The molecule has 0 saturated carbocycles. The Balaban J connectivity index is 1.10. The third kappa shape index (κ3) is 10.8. The average Bonchev–Trinajstić information content (AvgIpc) is 3.66. The zero-order valence-corrected chi connectivity index (χ0v) is 34.6. The molecule has 2 aliphatic rings. The summed E-state index contributed by atoms with van der Waals surface area (Å²) < 4.78 is 54.1. The maximum absolute atomic E-state index is 14.1. The highest BCUT2D eigenvalue weighted by Gasteiger charge is 2.37. The molecule has 0 aliphatic carbocycles. The third-order valence-corrected chi connectivity index (χ3v) is 11.1. The zero-order chi connectivity index (χ0) is 43.8. The van der Waals surface area contributed by atoms with E-state index in [2.05, 4.69) is 10.1 Å². The lowest BCUT2D eigenvalue weighted by Gasteiger charge is -2.38. The van der Waals surface area contributed by atoms with E-state index in [1.807, 2.05) is 49.1 Å². The van der Waals surface area contributed by atoms with Crippen molar-refractivity contribution in [3.8, 4) is 11.4 Å². The molecule has 3 amide bonds. The number of ether oxygens (including phenoxy) is 2. The Bertz CT molecular complexity index is 2240. The SMILES string of the molecule is CCCN(CC)C(=O)COC(=O)c1ccc(N2CCN(C(=O)[C@@H](Cc3cc(Cl)c(N)c(C(F)(F)F)c3)OC(=O)N3CCC(n4nc(-c5ccccc5)[nH]c4=O)CC3)CC2)cc1. The minimum atomic E-state index is -4.83. The van der Waals surface area contributed by atoms with Crippen molar-refractivity contribution in [1.29, 1.82) is 0 Å². The smallest absolute Gasteiger partial charge is 0.418 e. The second kappa shape index (κ2) is 19.6. The lowest BCUT2D eigenvalue weighted by molar-refractivity contribution is -0.141. The number of benzene rings is 3. The van der Waals surface area contributed by atoms with Crippen LogP contribution in [0.3, 0.4) is 0 Å². The van der Waals surface area contributed by atoms with Gasteiger partial charge in [0.15, 0.2) is 18.5 Å².